The van der Waals surface area contributed by atoms with Crippen molar-refractivity contribution in [1.82, 2.24) is 0 Å². The molecule has 5 heteroatoms. The summed E-state index contributed by atoms with van der Waals surface area (Å²) < 4.78 is 24.1. The van der Waals surface area contributed by atoms with Crippen LogP contribution in [0.4, 0.5) is 0 Å². The van der Waals surface area contributed by atoms with Crippen LogP contribution in [0.1, 0.15) is 6.92 Å². The van der Waals surface area contributed by atoms with Crippen molar-refractivity contribution < 1.29 is 13.8 Å². The summed E-state index contributed by atoms with van der Waals surface area (Å²) in [5.74, 6) is 0.610. The molecule has 0 N–H and O–H groups in total. The molecule has 0 saturated carbocycles. The lowest BCUT2D eigenvalue weighted by Gasteiger charge is -2.19. The van der Waals surface area contributed by atoms with Crippen LogP contribution in [0.3, 0.4) is 0 Å². The van der Waals surface area contributed by atoms with Gasteiger partial charge in [0.15, 0.2) is 0 Å². The highest BCUT2D eigenvalue weighted by molar-refractivity contribution is 7.74. The van der Waals surface area contributed by atoms with Crippen molar-refractivity contribution in [2.45, 2.75) is 6.92 Å². The number of benzene rings is 2. The zero-order valence-electron chi connectivity index (χ0n) is 11.1. The van der Waals surface area contributed by atoms with E-state index in [1.807, 2.05) is 55.5 Å². The fraction of sp³-hybridized carbons (Fsp3) is 0.200. The molecule has 0 spiro atoms. The van der Waals surface area contributed by atoms with Crippen molar-refractivity contribution in [3.8, 4) is 5.75 Å². The summed E-state index contributed by atoms with van der Waals surface area (Å²) in [6, 6.07) is 16.5. The van der Waals surface area contributed by atoms with E-state index in [-0.39, 0.29) is 8.41 Å². The lowest BCUT2D eigenvalue weighted by atomic mass is 10.3. The van der Waals surface area contributed by atoms with Crippen molar-refractivity contribution in [1.29, 1.82) is 0 Å². The van der Waals surface area contributed by atoms with E-state index in [1.54, 1.807) is 6.07 Å². The Balaban J connectivity index is 0.00000200. The molecule has 2 aromatic carbocycles. The zero-order valence-corrected chi connectivity index (χ0v) is 12.0. The van der Waals surface area contributed by atoms with Crippen LogP contribution in [0.2, 0.25) is 0 Å². The Morgan fingerprint density at radius 2 is 1.60 bits per heavy atom. The monoisotopic (exact) mass is 290 g/mol. The maximum atomic E-state index is 13.2. The first-order valence-corrected chi connectivity index (χ1v) is 7.78. The highest BCUT2D eigenvalue weighted by atomic mass is 31.2. The fourth-order valence-corrected chi connectivity index (χ4v) is 3.91. The average molecular weight is 290 g/mol. The molecule has 0 aliphatic rings. The van der Waals surface area contributed by atoms with Crippen LogP contribution in [0.5, 0.6) is 5.75 Å². The molecule has 1 atom stereocenters. The molecule has 2 rings (SSSR count). The molecule has 20 heavy (non-hydrogen) atoms. The normalized spacial score (nSPS) is 13.1. The van der Waals surface area contributed by atoms with Crippen molar-refractivity contribution in [2.75, 3.05) is 13.7 Å². The van der Waals surface area contributed by atoms with Gasteiger partial charge in [-0.2, -0.15) is 0 Å². The molecule has 0 heterocycles. The van der Waals surface area contributed by atoms with Crippen LogP contribution in [0.25, 0.3) is 0 Å². The Morgan fingerprint density at radius 3 is 2.20 bits per heavy atom. The van der Waals surface area contributed by atoms with E-state index in [9.17, 15) is 4.57 Å². The van der Waals surface area contributed by atoms with E-state index in [4.69, 9.17) is 9.26 Å². The first-order chi connectivity index (χ1) is 9.22. The molecule has 3 nitrogen and oxygen atoms in total. The number of rotatable bonds is 5. The lowest BCUT2D eigenvalue weighted by Crippen LogP contribution is -2.19. The van der Waals surface area contributed by atoms with Gasteiger partial charge >= 0.3 is 0 Å². The minimum absolute atomic E-state index is 0. The van der Waals surface area contributed by atoms with Gasteiger partial charge in [-0.3, -0.25) is 4.57 Å². The van der Waals surface area contributed by atoms with Crippen molar-refractivity contribution >= 4 is 26.4 Å². The molecule has 2 aromatic rings. The van der Waals surface area contributed by atoms with E-state index in [0.29, 0.717) is 23.0 Å². The summed E-state index contributed by atoms with van der Waals surface area (Å²) in [6.07, 6.45) is 0. The van der Waals surface area contributed by atoms with Crippen LogP contribution in [0.15, 0.2) is 54.6 Å². The van der Waals surface area contributed by atoms with Gasteiger partial charge in [0.25, 0.3) is 7.37 Å². The quantitative estimate of drug-likeness (QED) is 0.622. The van der Waals surface area contributed by atoms with Crippen LogP contribution in [-0.4, -0.2) is 22.1 Å². The summed E-state index contributed by atoms with van der Waals surface area (Å²) in [6.45, 7) is 2.42. The summed E-state index contributed by atoms with van der Waals surface area (Å²) in [7, 11) is -1.63. The topological polar surface area (TPSA) is 35.5 Å². The van der Waals surface area contributed by atoms with Crippen molar-refractivity contribution in [3.63, 3.8) is 0 Å². The maximum absolute atomic E-state index is 13.2. The molecule has 0 aliphatic heterocycles. The molecule has 0 amide bonds. The van der Waals surface area contributed by atoms with Crippen LogP contribution >= 0.6 is 7.37 Å². The Bertz CT molecular complexity index is 587. The van der Waals surface area contributed by atoms with E-state index < -0.39 is 7.37 Å². The number of hydrogen-bond acceptors (Lipinski definition) is 3. The van der Waals surface area contributed by atoms with E-state index in [2.05, 4.69) is 0 Å². The van der Waals surface area contributed by atoms with Gasteiger partial charge in [-0.1, -0.05) is 30.3 Å². The van der Waals surface area contributed by atoms with E-state index >= 15 is 0 Å². The second kappa shape index (κ2) is 7.32. The number of hydrogen-bond donors (Lipinski definition) is 0. The molecule has 0 aromatic heterocycles. The third kappa shape index (κ3) is 3.14. The average Bonchev–Trinajstić information content (AvgIpc) is 2.48. The summed E-state index contributed by atoms with van der Waals surface area (Å²) in [5, 5.41) is 1.27. The zero-order chi connectivity index (χ0) is 13.7. The predicted octanol–water partition coefficient (Wildman–Crippen LogP) is 1.78. The van der Waals surface area contributed by atoms with Gasteiger partial charge in [-0.25, -0.2) is 0 Å². The van der Waals surface area contributed by atoms with E-state index in [1.165, 1.54) is 7.11 Å². The Kier molecular flexibility index (Phi) is 6.06. The standard InChI is InChI=1S/C15H17O3P.BH3/c1-3-18-14-11-7-8-12-15(14)19(16,17-2)13-9-5-4-6-10-13;/h4-12H,3H2,1-2H3;1H3. The molecular formula is C15H20BO3P. The summed E-state index contributed by atoms with van der Waals surface area (Å²) in [4.78, 5) is 0. The molecule has 1 unspecified atom stereocenters. The van der Waals surface area contributed by atoms with E-state index in [0.717, 1.165) is 0 Å². The van der Waals surface area contributed by atoms with Gasteiger partial charge in [-0.05, 0) is 31.2 Å². The summed E-state index contributed by atoms with van der Waals surface area (Å²) in [5.41, 5.74) is 0. The van der Waals surface area contributed by atoms with Gasteiger partial charge in [0.2, 0.25) is 0 Å². The highest BCUT2D eigenvalue weighted by Gasteiger charge is 2.30. The minimum Gasteiger partial charge on any atom is -0.493 e. The van der Waals surface area contributed by atoms with Crippen LogP contribution < -0.4 is 15.3 Å². The smallest absolute Gasteiger partial charge is 0.264 e. The highest BCUT2D eigenvalue weighted by Crippen LogP contribution is 2.46. The van der Waals surface area contributed by atoms with Crippen LogP contribution in [0, 0.1) is 0 Å². The second-order valence-electron chi connectivity index (χ2n) is 3.97. The van der Waals surface area contributed by atoms with Gasteiger partial charge in [0.05, 0.1) is 20.3 Å². The number of para-hydroxylation sites is 1. The molecule has 0 fully saturated rings. The third-order valence-corrected chi connectivity index (χ3v) is 5.33. The van der Waals surface area contributed by atoms with Gasteiger partial charge in [0.1, 0.15) is 5.75 Å². The molecule has 0 bridgehead atoms. The number of ether oxygens (including phenoxy) is 1. The SMILES string of the molecule is B.CCOc1ccccc1P(=O)(OC)c1ccccc1. The molecule has 0 radical (unpaired) electrons. The van der Waals surface area contributed by atoms with Gasteiger partial charge in [-0.15, -0.1) is 0 Å². The molecular weight excluding hydrogens is 270 g/mol. The second-order valence-corrected chi connectivity index (χ2v) is 6.44. The van der Waals surface area contributed by atoms with Crippen molar-refractivity contribution in [2.24, 2.45) is 0 Å². The Hall–Kier alpha value is -1.51. The first kappa shape index (κ1) is 16.5. The predicted molar refractivity (Wildman–Crippen MR) is 87.9 cm³/mol. The largest absolute Gasteiger partial charge is 0.493 e. The molecule has 106 valence electrons. The van der Waals surface area contributed by atoms with Crippen LogP contribution in [-0.2, 0) is 9.09 Å². The van der Waals surface area contributed by atoms with Gasteiger partial charge in [0, 0.05) is 12.4 Å². The van der Waals surface area contributed by atoms with Crippen molar-refractivity contribution in [3.05, 3.63) is 54.6 Å². The van der Waals surface area contributed by atoms with Gasteiger partial charge < -0.3 is 9.26 Å². The fourth-order valence-electron chi connectivity index (χ4n) is 1.95. The molecule has 0 aliphatic carbocycles. The Morgan fingerprint density at radius 1 is 1.00 bits per heavy atom. The molecule has 0 saturated heterocycles. The minimum atomic E-state index is -3.10. The first-order valence-electron chi connectivity index (χ1n) is 6.16. The third-order valence-electron chi connectivity index (χ3n) is 2.84. The maximum Gasteiger partial charge on any atom is 0.264 e. The Labute approximate surface area is 122 Å². The lowest BCUT2D eigenvalue weighted by molar-refractivity contribution is 0.341. The summed E-state index contributed by atoms with van der Waals surface area (Å²) >= 11 is 0.